The Hall–Kier alpha value is -1.13. The molecule has 0 aliphatic carbocycles. The summed E-state index contributed by atoms with van der Waals surface area (Å²) in [6.07, 6.45) is 0. The second kappa shape index (κ2) is 4.16. The predicted molar refractivity (Wildman–Crippen MR) is 57.2 cm³/mol. The average Bonchev–Trinajstić information content (AvgIpc) is 2.15. The van der Waals surface area contributed by atoms with Gasteiger partial charge in [0.2, 0.25) is 0 Å². The highest BCUT2D eigenvalue weighted by atomic mass is 35.5. The summed E-state index contributed by atoms with van der Waals surface area (Å²) in [5, 5.41) is 0.182. The van der Waals surface area contributed by atoms with Crippen LogP contribution < -0.4 is 11.3 Å². The number of amides is 1. The number of alkyl halides is 1. The van der Waals surface area contributed by atoms with Crippen molar-refractivity contribution < 1.29 is 9.18 Å². The molecular formula is C10H12ClFN2O. The summed E-state index contributed by atoms with van der Waals surface area (Å²) < 4.78 is 13.5. The third kappa shape index (κ3) is 2.67. The zero-order valence-electron chi connectivity index (χ0n) is 8.47. The van der Waals surface area contributed by atoms with Gasteiger partial charge in [0.05, 0.1) is 10.6 Å². The zero-order valence-corrected chi connectivity index (χ0v) is 9.23. The molecule has 0 saturated carbocycles. The van der Waals surface area contributed by atoms with Crippen molar-refractivity contribution in [2.24, 2.45) is 5.84 Å². The first-order valence-electron chi connectivity index (χ1n) is 4.36. The fraction of sp³-hybridized carbons (Fsp3) is 0.300. The molecule has 1 amide bonds. The molecule has 0 unspecified atom stereocenters. The van der Waals surface area contributed by atoms with E-state index in [0.717, 1.165) is 0 Å². The van der Waals surface area contributed by atoms with Gasteiger partial charge < -0.3 is 0 Å². The fourth-order valence-corrected chi connectivity index (χ4v) is 1.41. The largest absolute Gasteiger partial charge is 0.290 e. The summed E-state index contributed by atoms with van der Waals surface area (Å²) in [4.78, 5) is 11.2. The minimum atomic E-state index is -1.48. The molecule has 5 heteroatoms. The van der Waals surface area contributed by atoms with Gasteiger partial charge in [-0.1, -0.05) is 17.7 Å². The van der Waals surface area contributed by atoms with Gasteiger partial charge in [0.1, 0.15) is 5.67 Å². The number of carbonyl (C=O) groups excluding carboxylic acids is 1. The molecule has 0 aromatic heterocycles. The molecule has 0 aliphatic rings. The lowest BCUT2D eigenvalue weighted by Crippen LogP contribution is -2.30. The summed E-state index contributed by atoms with van der Waals surface area (Å²) in [6.45, 7) is 2.84. The van der Waals surface area contributed by atoms with Crippen LogP contribution in [-0.4, -0.2) is 5.91 Å². The molecule has 0 atom stereocenters. The molecule has 1 aromatic carbocycles. The summed E-state index contributed by atoms with van der Waals surface area (Å²) in [6, 6.07) is 4.38. The number of nitrogen functional groups attached to an aromatic ring is 1. The topological polar surface area (TPSA) is 55.1 Å². The van der Waals surface area contributed by atoms with Crippen molar-refractivity contribution in [2.45, 2.75) is 19.5 Å². The van der Waals surface area contributed by atoms with Crippen molar-refractivity contribution in [1.82, 2.24) is 5.43 Å². The van der Waals surface area contributed by atoms with E-state index >= 15 is 0 Å². The Morgan fingerprint density at radius 1 is 1.53 bits per heavy atom. The summed E-state index contributed by atoms with van der Waals surface area (Å²) in [5.74, 6) is 4.47. The van der Waals surface area contributed by atoms with Crippen LogP contribution >= 0.6 is 11.6 Å². The lowest BCUT2D eigenvalue weighted by Gasteiger charge is -2.15. The number of halogens is 2. The van der Waals surface area contributed by atoms with E-state index in [1.165, 1.54) is 32.0 Å². The normalized spacial score (nSPS) is 11.3. The van der Waals surface area contributed by atoms with Gasteiger partial charge >= 0.3 is 0 Å². The first-order chi connectivity index (χ1) is 6.86. The Kier molecular flexibility index (Phi) is 3.31. The Labute approximate surface area is 92.4 Å². The second-order valence-corrected chi connectivity index (χ2v) is 4.05. The van der Waals surface area contributed by atoms with Gasteiger partial charge in [0.15, 0.2) is 0 Å². The average molecular weight is 231 g/mol. The molecule has 0 heterocycles. The number of hydrazine groups is 1. The number of hydrogen-bond donors (Lipinski definition) is 2. The Bertz CT molecular complexity index is 387. The highest BCUT2D eigenvalue weighted by Crippen LogP contribution is 2.28. The highest BCUT2D eigenvalue weighted by molar-refractivity contribution is 6.33. The quantitative estimate of drug-likeness (QED) is 0.465. The molecule has 1 aromatic rings. The van der Waals surface area contributed by atoms with E-state index < -0.39 is 11.6 Å². The summed E-state index contributed by atoms with van der Waals surface area (Å²) in [7, 11) is 0. The molecule has 0 saturated heterocycles. The van der Waals surface area contributed by atoms with Crippen molar-refractivity contribution in [1.29, 1.82) is 0 Å². The van der Waals surface area contributed by atoms with E-state index in [1.54, 1.807) is 0 Å². The van der Waals surface area contributed by atoms with Crippen LogP contribution in [0.15, 0.2) is 18.2 Å². The Morgan fingerprint density at radius 2 is 2.13 bits per heavy atom. The van der Waals surface area contributed by atoms with E-state index in [0.29, 0.717) is 5.56 Å². The van der Waals surface area contributed by atoms with Crippen LogP contribution in [0.3, 0.4) is 0 Å². The van der Waals surface area contributed by atoms with Crippen LogP contribution in [0.4, 0.5) is 4.39 Å². The minimum absolute atomic E-state index is 0.182. The first-order valence-corrected chi connectivity index (χ1v) is 4.74. The number of hydrogen-bond acceptors (Lipinski definition) is 2. The number of rotatable bonds is 2. The fourth-order valence-electron chi connectivity index (χ4n) is 1.15. The van der Waals surface area contributed by atoms with Crippen molar-refractivity contribution in [3.05, 3.63) is 34.3 Å². The standard InChI is InChI=1S/C10H12ClFN2O/c1-10(2,12)6-3-4-7(8(11)5-6)9(15)14-13/h3-5H,13H2,1-2H3,(H,14,15). The number of carbonyl (C=O) groups is 1. The maximum absolute atomic E-state index is 13.5. The van der Waals surface area contributed by atoms with Crippen molar-refractivity contribution >= 4 is 17.5 Å². The van der Waals surface area contributed by atoms with Crippen LogP contribution in [0, 0.1) is 0 Å². The molecule has 3 N–H and O–H groups in total. The second-order valence-electron chi connectivity index (χ2n) is 3.64. The van der Waals surface area contributed by atoms with Gasteiger partial charge in [0.25, 0.3) is 5.91 Å². The monoisotopic (exact) mass is 230 g/mol. The number of nitrogens with two attached hydrogens (primary N) is 1. The third-order valence-electron chi connectivity index (χ3n) is 2.03. The Morgan fingerprint density at radius 3 is 2.53 bits per heavy atom. The maximum atomic E-state index is 13.5. The molecule has 0 spiro atoms. The zero-order chi connectivity index (χ0) is 11.6. The predicted octanol–water partition coefficient (Wildman–Crippen LogP) is 2.15. The molecule has 0 aliphatic heterocycles. The summed E-state index contributed by atoms with van der Waals surface area (Å²) in [5.41, 5.74) is 1.12. The van der Waals surface area contributed by atoms with Crippen molar-refractivity contribution in [2.75, 3.05) is 0 Å². The molecule has 15 heavy (non-hydrogen) atoms. The molecule has 0 radical (unpaired) electrons. The van der Waals surface area contributed by atoms with Gasteiger partial charge in [-0.2, -0.15) is 0 Å². The van der Waals surface area contributed by atoms with E-state index in [1.807, 2.05) is 5.43 Å². The van der Waals surface area contributed by atoms with Crippen LogP contribution in [0.25, 0.3) is 0 Å². The lowest BCUT2D eigenvalue weighted by atomic mass is 9.99. The van der Waals surface area contributed by atoms with Gasteiger partial charge in [-0.15, -0.1) is 0 Å². The van der Waals surface area contributed by atoms with E-state index in [2.05, 4.69) is 0 Å². The molecule has 82 valence electrons. The number of benzene rings is 1. The van der Waals surface area contributed by atoms with Gasteiger partial charge in [-0.25, -0.2) is 10.2 Å². The van der Waals surface area contributed by atoms with Gasteiger partial charge in [-0.3, -0.25) is 10.2 Å². The highest BCUT2D eigenvalue weighted by Gasteiger charge is 2.20. The molecular weight excluding hydrogens is 219 g/mol. The first kappa shape index (κ1) is 11.9. The van der Waals surface area contributed by atoms with Crippen molar-refractivity contribution in [3.63, 3.8) is 0 Å². The van der Waals surface area contributed by atoms with Crippen LogP contribution in [0.1, 0.15) is 29.8 Å². The van der Waals surface area contributed by atoms with Crippen LogP contribution in [-0.2, 0) is 5.67 Å². The molecule has 1 rings (SSSR count). The SMILES string of the molecule is CC(C)(F)c1ccc(C(=O)NN)c(Cl)c1. The van der Waals surface area contributed by atoms with E-state index in [-0.39, 0.29) is 10.6 Å². The Balaban J connectivity index is 3.15. The minimum Gasteiger partial charge on any atom is -0.290 e. The third-order valence-corrected chi connectivity index (χ3v) is 2.34. The summed E-state index contributed by atoms with van der Waals surface area (Å²) >= 11 is 5.83. The van der Waals surface area contributed by atoms with Gasteiger partial charge in [-0.05, 0) is 31.5 Å². The van der Waals surface area contributed by atoms with Crippen molar-refractivity contribution in [3.8, 4) is 0 Å². The lowest BCUT2D eigenvalue weighted by molar-refractivity contribution is 0.0953. The van der Waals surface area contributed by atoms with Gasteiger partial charge in [0, 0.05) is 0 Å². The van der Waals surface area contributed by atoms with Crippen LogP contribution in [0.2, 0.25) is 5.02 Å². The van der Waals surface area contributed by atoms with Crippen LogP contribution in [0.5, 0.6) is 0 Å². The smallest absolute Gasteiger partial charge is 0.266 e. The van der Waals surface area contributed by atoms with E-state index in [9.17, 15) is 9.18 Å². The molecule has 0 fully saturated rings. The van der Waals surface area contributed by atoms with E-state index in [4.69, 9.17) is 17.4 Å². The molecule has 3 nitrogen and oxygen atoms in total. The maximum Gasteiger partial charge on any atom is 0.266 e. The molecule has 0 bridgehead atoms. The number of nitrogens with one attached hydrogen (secondary N) is 1.